The van der Waals surface area contributed by atoms with Crippen molar-refractivity contribution >= 4 is 35.0 Å². The van der Waals surface area contributed by atoms with Gasteiger partial charge < -0.3 is 10.0 Å². The highest BCUT2D eigenvalue weighted by Gasteiger charge is 2.11. The molecule has 0 saturated heterocycles. The molecule has 5 nitrogen and oxygen atoms in total. The number of thiazole rings is 1. The molecule has 0 bridgehead atoms. The van der Waals surface area contributed by atoms with Crippen molar-refractivity contribution < 1.29 is 14.7 Å². The van der Waals surface area contributed by atoms with E-state index in [1.165, 1.54) is 0 Å². The van der Waals surface area contributed by atoms with E-state index >= 15 is 0 Å². The minimum atomic E-state index is -0.902. The first-order valence-corrected chi connectivity index (χ1v) is 6.97. The van der Waals surface area contributed by atoms with E-state index in [4.69, 9.17) is 5.11 Å². The van der Waals surface area contributed by atoms with Crippen molar-refractivity contribution in [1.82, 2.24) is 9.88 Å². The fourth-order valence-electron chi connectivity index (χ4n) is 1.15. The van der Waals surface area contributed by atoms with Crippen molar-refractivity contribution in [2.75, 3.05) is 18.6 Å². The van der Waals surface area contributed by atoms with Crippen LogP contribution in [0.1, 0.15) is 10.7 Å². The normalized spacial score (nSPS) is 10.2. The number of aromatic nitrogens is 1. The van der Waals surface area contributed by atoms with Crippen LogP contribution in [0, 0.1) is 6.92 Å². The van der Waals surface area contributed by atoms with Crippen LogP contribution < -0.4 is 0 Å². The number of rotatable bonds is 6. The second kappa shape index (κ2) is 6.61. The van der Waals surface area contributed by atoms with Crippen molar-refractivity contribution in [2.24, 2.45) is 0 Å². The second-order valence-electron chi connectivity index (χ2n) is 3.49. The van der Waals surface area contributed by atoms with Gasteiger partial charge in [-0.2, -0.15) is 0 Å². The maximum absolute atomic E-state index is 11.6. The zero-order valence-electron chi connectivity index (χ0n) is 9.67. The van der Waals surface area contributed by atoms with Crippen LogP contribution in [0.3, 0.4) is 0 Å². The Kier molecular flexibility index (Phi) is 5.43. The summed E-state index contributed by atoms with van der Waals surface area (Å²) in [5.74, 6) is -0.844. The minimum Gasteiger partial charge on any atom is -0.481 e. The van der Waals surface area contributed by atoms with Gasteiger partial charge in [-0.25, -0.2) is 4.98 Å². The quantitative estimate of drug-likeness (QED) is 0.845. The van der Waals surface area contributed by atoms with E-state index in [0.717, 1.165) is 22.5 Å². The number of carbonyl (C=O) groups excluding carboxylic acids is 1. The van der Waals surface area contributed by atoms with E-state index in [1.807, 2.05) is 12.3 Å². The van der Waals surface area contributed by atoms with E-state index in [2.05, 4.69) is 4.98 Å². The third-order valence-corrected chi connectivity index (χ3v) is 3.67. The molecule has 1 N–H and O–H groups in total. The summed E-state index contributed by atoms with van der Waals surface area (Å²) >= 11 is 2.65. The summed E-state index contributed by atoms with van der Waals surface area (Å²) in [7, 11) is 1.69. The van der Waals surface area contributed by atoms with E-state index in [9.17, 15) is 9.59 Å². The molecule has 0 unspecified atom stereocenters. The Labute approximate surface area is 108 Å². The summed E-state index contributed by atoms with van der Waals surface area (Å²) in [5.41, 5.74) is 0.867. The van der Waals surface area contributed by atoms with Gasteiger partial charge in [-0.15, -0.1) is 23.1 Å². The smallest absolute Gasteiger partial charge is 0.313 e. The predicted molar refractivity (Wildman–Crippen MR) is 68.3 cm³/mol. The fourth-order valence-corrected chi connectivity index (χ4v) is 2.42. The van der Waals surface area contributed by atoms with Crippen LogP contribution in [0.2, 0.25) is 0 Å². The number of amides is 1. The molecular formula is C10H14N2O3S2. The van der Waals surface area contributed by atoms with Gasteiger partial charge in [0.25, 0.3) is 0 Å². The Morgan fingerprint density at radius 1 is 1.53 bits per heavy atom. The predicted octanol–water partition coefficient (Wildman–Crippen LogP) is 1.23. The molecule has 1 aromatic rings. The summed E-state index contributed by atoms with van der Waals surface area (Å²) in [5, 5.41) is 11.3. The molecule has 0 aliphatic rings. The highest BCUT2D eigenvalue weighted by Crippen LogP contribution is 2.10. The number of hydrogen-bond acceptors (Lipinski definition) is 5. The monoisotopic (exact) mass is 274 g/mol. The average Bonchev–Trinajstić information content (AvgIpc) is 2.63. The number of carboxylic acids is 1. The van der Waals surface area contributed by atoms with E-state index in [0.29, 0.717) is 6.54 Å². The number of thioether (sulfide) groups is 1. The van der Waals surface area contributed by atoms with Gasteiger partial charge in [-0.1, -0.05) is 0 Å². The Hall–Kier alpha value is -1.08. The van der Waals surface area contributed by atoms with Crippen molar-refractivity contribution in [1.29, 1.82) is 0 Å². The number of carbonyl (C=O) groups is 2. The van der Waals surface area contributed by atoms with Crippen LogP contribution >= 0.6 is 23.1 Å². The first kappa shape index (κ1) is 14.0. The molecule has 0 aliphatic carbocycles. The molecule has 1 heterocycles. The van der Waals surface area contributed by atoms with Crippen molar-refractivity contribution in [3.63, 3.8) is 0 Å². The summed E-state index contributed by atoms with van der Waals surface area (Å²) in [6, 6.07) is 0. The molecule has 1 aromatic heterocycles. The van der Waals surface area contributed by atoms with Gasteiger partial charge >= 0.3 is 5.97 Å². The van der Waals surface area contributed by atoms with Gasteiger partial charge in [0, 0.05) is 12.4 Å². The Balaban J connectivity index is 2.34. The topological polar surface area (TPSA) is 70.5 Å². The van der Waals surface area contributed by atoms with Crippen LogP contribution in [-0.4, -0.2) is 45.4 Å². The first-order valence-electron chi connectivity index (χ1n) is 4.93. The number of carboxylic acid groups (broad SMARTS) is 1. The average molecular weight is 274 g/mol. The SMILES string of the molecule is Cc1nc(CN(C)C(=O)CSCC(=O)O)cs1. The van der Waals surface area contributed by atoms with Crippen LogP contribution in [0.5, 0.6) is 0 Å². The molecule has 0 spiro atoms. The molecule has 94 valence electrons. The molecule has 17 heavy (non-hydrogen) atoms. The van der Waals surface area contributed by atoms with Crippen LogP contribution in [0.15, 0.2) is 5.38 Å². The Bertz CT molecular complexity index is 406. The fraction of sp³-hybridized carbons (Fsp3) is 0.500. The maximum Gasteiger partial charge on any atom is 0.313 e. The lowest BCUT2D eigenvalue weighted by atomic mass is 10.4. The van der Waals surface area contributed by atoms with Gasteiger partial charge in [0.05, 0.1) is 28.8 Å². The molecule has 0 aliphatic heterocycles. The molecule has 0 saturated carbocycles. The van der Waals surface area contributed by atoms with E-state index in [-0.39, 0.29) is 17.4 Å². The molecule has 7 heteroatoms. The largest absolute Gasteiger partial charge is 0.481 e. The zero-order valence-corrected chi connectivity index (χ0v) is 11.3. The maximum atomic E-state index is 11.6. The molecule has 1 amide bonds. The Morgan fingerprint density at radius 3 is 2.76 bits per heavy atom. The highest BCUT2D eigenvalue weighted by molar-refractivity contribution is 8.00. The number of nitrogens with zero attached hydrogens (tertiary/aromatic N) is 2. The number of aliphatic carboxylic acids is 1. The Morgan fingerprint density at radius 2 is 2.24 bits per heavy atom. The molecule has 0 aromatic carbocycles. The number of hydrogen-bond donors (Lipinski definition) is 1. The minimum absolute atomic E-state index is 0.0462. The molecule has 1 rings (SSSR count). The van der Waals surface area contributed by atoms with Gasteiger partial charge in [-0.05, 0) is 6.92 Å². The van der Waals surface area contributed by atoms with E-state index in [1.54, 1.807) is 23.3 Å². The van der Waals surface area contributed by atoms with Crippen LogP contribution in [0.25, 0.3) is 0 Å². The number of aryl methyl sites for hydroxylation is 1. The van der Waals surface area contributed by atoms with Gasteiger partial charge in [0.1, 0.15) is 0 Å². The van der Waals surface area contributed by atoms with Crippen molar-refractivity contribution in [2.45, 2.75) is 13.5 Å². The summed E-state index contributed by atoms with van der Waals surface area (Å²) in [6.07, 6.45) is 0. The van der Waals surface area contributed by atoms with Gasteiger partial charge in [0.15, 0.2) is 0 Å². The summed E-state index contributed by atoms with van der Waals surface area (Å²) in [6.45, 7) is 2.38. The lowest BCUT2D eigenvalue weighted by molar-refractivity contribution is -0.133. The highest BCUT2D eigenvalue weighted by atomic mass is 32.2. The molecule has 0 fully saturated rings. The van der Waals surface area contributed by atoms with E-state index < -0.39 is 5.97 Å². The lowest BCUT2D eigenvalue weighted by Crippen LogP contribution is -2.28. The van der Waals surface area contributed by atoms with Gasteiger partial charge in [-0.3, -0.25) is 9.59 Å². The van der Waals surface area contributed by atoms with Crippen LogP contribution in [-0.2, 0) is 16.1 Å². The summed E-state index contributed by atoms with van der Waals surface area (Å²) < 4.78 is 0. The summed E-state index contributed by atoms with van der Waals surface area (Å²) in [4.78, 5) is 27.7. The third-order valence-electron chi connectivity index (χ3n) is 1.94. The van der Waals surface area contributed by atoms with Crippen molar-refractivity contribution in [3.05, 3.63) is 16.1 Å². The molecular weight excluding hydrogens is 260 g/mol. The zero-order chi connectivity index (χ0) is 12.8. The molecule has 0 atom stereocenters. The standard InChI is InChI=1S/C10H14N2O3S2/c1-7-11-8(4-17-7)3-12(2)9(13)5-16-6-10(14)15/h4H,3,5-6H2,1-2H3,(H,14,15). The third kappa shape index (κ3) is 5.18. The first-order chi connectivity index (χ1) is 7.99. The molecule has 0 radical (unpaired) electrons. The second-order valence-corrected chi connectivity index (χ2v) is 5.54. The van der Waals surface area contributed by atoms with Gasteiger partial charge in [0.2, 0.25) is 5.91 Å². The van der Waals surface area contributed by atoms with Crippen LogP contribution in [0.4, 0.5) is 0 Å². The lowest BCUT2D eigenvalue weighted by Gasteiger charge is -2.15. The van der Waals surface area contributed by atoms with Crippen molar-refractivity contribution in [3.8, 4) is 0 Å².